The smallest absolute Gasteiger partial charge is 0.213 e. The van der Waals surface area contributed by atoms with Crippen LogP contribution in [0.4, 0.5) is 0 Å². The molecule has 1 N–H and O–H groups in total. The molecule has 0 saturated carbocycles. The summed E-state index contributed by atoms with van der Waals surface area (Å²) in [6, 6.07) is 0.358. The first-order valence-electron chi connectivity index (χ1n) is 6.49. The third kappa shape index (κ3) is 3.74. The van der Waals surface area contributed by atoms with Gasteiger partial charge >= 0.3 is 0 Å². The van der Waals surface area contributed by atoms with Gasteiger partial charge in [0, 0.05) is 26.6 Å². The molecule has 7 nitrogen and oxygen atoms in total. The molecule has 0 saturated heterocycles. The Morgan fingerprint density at radius 2 is 2.32 bits per heavy atom. The molecule has 1 aliphatic rings. The first-order valence-corrected chi connectivity index (χ1v) is 8.10. The second kappa shape index (κ2) is 5.98. The second-order valence-corrected chi connectivity index (χ2v) is 7.30. The lowest BCUT2D eigenvalue weighted by Gasteiger charge is -2.23. The van der Waals surface area contributed by atoms with Crippen molar-refractivity contribution in [3.05, 3.63) is 12.2 Å². The molecule has 0 radical (unpaired) electrons. The zero-order chi connectivity index (χ0) is 13.9. The number of hydrogen-bond acceptors (Lipinski definition) is 5. The summed E-state index contributed by atoms with van der Waals surface area (Å²) in [7, 11) is 0.0561. The molecule has 0 bridgehead atoms. The van der Waals surface area contributed by atoms with Crippen molar-refractivity contribution < 1.29 is 8.42 Å². The van der Waals surface area contributed by atoms with Crippen LogP contribution >= 0.6 is 0 Å². The number of rotatable bonds is 6. The van der Waals surface area contributed by atoms with Crippen molar-refractivity contribution >= 4 is 10.0 Å². The number of hydrogen-bond donors (Lipinski definition) is 1. The van der Waals surface area contributed by atoms with Crippen LogP contribution in [0.15, 0.2) is 6.33 Å². The van der Waals surface area contributed by atoms with Crippen molar-refractivity contribution in [2.24, 2.45) is 0 Å². The average Bonchev–Trinajstić information content (AvgIpc) is 2.81. The zero-order valence-electron chi connectivity index (χ0n) is 11.4. The van der Waals surface area contributed by atoms with Crippen LogP contribution in [0.25, 0.3) is 0 Å². The van der Waals surface area contributed by atoms with E-state index in [1.54, 1.807) is 20.4 Å². The van der Waals surface area contributed by atoms with Crippen molar-refractivity contribution in [1.29, 1.82) is 0 Å². The molecule has 1 atom stereocenters. The highest BCUT2D eigenvalue weighted by atomic mass is 32.2. The van der Waals surface area contributed by atoms with Gasteiger partial charge in [-0.05, 0) is 19.4 Å². The molecule has 0 spiro atoms. The van der Waals surface area contributed by atoms with Gasteiger partial charge in [-0.3, -0.25) is 0 Å². The van der Waals surface area contributed by atoms with Crippen molar-refractivity contribution in [3.63, 3.8) is 0 Å². The van der Waals surface area contributed by atoms with Gasteiger partial charge in [0.1, 0.15) is 12.2 Å². The molecular formula is C11H21N5O2S. The van der Waals surface area contributed by atoms with E-state index < -0.39 is 10.0 Å². The maximum Gasteiger partial charge on any atom is 0.213 e. The van der Waals surface area contributed by atoms with Gasteiger partial charge in [0.15, 0.2) is 0 Å². The molecule has 0 unspecified atom stereocenters. The fourth-order valence-electron chi connectivity index (χ4n) is 2.15. The lowest BCUT2D eigenvalue weighted by atomic mass is 10.1. The van der Waals surface area contributed by atoms with Crippen LogP contribution in [-0.2, 0) is 23.0 Å². The minimum absolute atomic E-state index is 0.189. The van der Waals surface area contributed by atoms with Gasteiger partial charge in [-0.25, -0.2) is 22.4 Å². The molecule has 1 aliphatic heterocycles. The summed E-state index contributed by atoms with van der Waals surface area (Å²) >= 11 is 0. The van der Waals surface area contributed by atoms with Gasteiger partial charge in [0.05, 0.1) is 12.3 Å². The van der Waals surface area contributed by atoms with Crippen LogP contribution in [-0.4, -0.2) is 59.9 Å². The van der Waals surface area contributed by atoms with Gasteiger partial charge in [0.2, 0.25) is 10.0 Å². The largest absolute Gasteiger partial charge is 0.312 e. The van der Waals surface area contributed by atoms with Gasteiger partial charge in [-0.15, -0.1) is 0 Å². The topological polar surface area (TPSA) is 80.1 Å². The van der Waals surface area contributed by atoms with E-state index >= 15 is 0 Å². The van der Waals surface area contributed by atoms with E-state index in [4.69, 9.17) is 0 Å². The highest BCUT2D eigenvalue weighted by molar-refractivity contribution is 7.89. The number of nitrogens with one attached hydrogen (secondary N) is 1. The first-order chi connectivity index (χ1) is 8.99. The quantitative estimate of drug-likeness (QED) is 0.711. The van der Waals surface area contributed by atoms with Crippen LogP contribution < -0.4 is 5.32 Å². The lowest BCUT2D eigenvalue weighted by Crippen LogP contribution is -2.39. The predicted octanol–water partition coefficient (Wildman–Crippen LogP) is -0.536. The second-order valence-electron chi connectivity index (χ2n) is 5.00. The summed E-state index contributed by atoms with van der Waals surface area (Å²) in [5.74, 6) is 1.22. The highest BCUT2D eigenvalue weighted by Crippen LogP contribution is 2.11. The zero-order valence-corrected chi connectivity index (χ0v) is 12.2. The van der Waals surface area contributed by atoms with Gasteiger partial charge < -0.3 is 5.32 Å². The molecule has 0 aromatic carbocycles. The summed E-state index contributed by atoms with van der Waals surface area (Å²) in [5, 5.41) is 7.55. The lowest BCUT2D eigenvalue weighted by molar-refractivity contribution is 0.360. The Bertz CT molecular complexity index is 511. The minimum atomic E-state index is -3.08. The van der Waals surface area contributed by atoms with Crippen molar-refractivity contribution in [2.75, 3.05) is 26.4 Å². The number of aromatic nitrogens is 3. The molecule has 0 fully saturated rings. The number of sulfonamides is 1. The van der Waals surface area contributed by atoms with E-state index in [-0.39, 0.29) is 5.75 Å². The molecular weight excluding hydrogens is 266 g/mol. The Labute approximate surface area is 114 Å². The maximum atomic E-state index is 11.6. The Balaban J connectivity index is 1.71. The normalized spacial score (nSPS) is 19.6. The molecule has 2 rings (SSSR count). The third-order valence-electron chi connectivity index (χ3n) is 3.37. The summed E-state index contributed by atoms with van der Waals surface area (Å²) < 4.78 is 26.4. The fraction of sp³-hybridized carbons (Fsp3) is 0.818. The number of fused-ring (bicyclic) bond motifs is 1. The van der Waals surface area contributed by atoms with Gasteiger partial charge in [0.25, 0.3) is 0 Å². The van der Waals surface area contributed by atoms with E-state index in [2.05, 4.69) is 15.4 Å². The van der Waals surface area contributed by atoms with E-state index in [9.17, 15) is 8.42 Å². The Kier molecular flexibility index (Phi) is 4.54. The molecule has 2 heterocycles. The van der Waals surface area contributed by atoms with Crippen molar-refractivity contribution in [2.45, 2.75) is 31.8 Å². The van der Waals surface area contributed by atoms with E-state index in [1.807, 2.05) is 4.68 Å². The SMILES string of the molecule is CN(C)S(=O)(=O)CCCN[C@H]1CCc2ncnn2C1. The molecule has 108 valence electrons. The van der Waals surface area contributed by atoms with E-state index in [1.165, 1.54) is 4.31 Å². The highest BCUT2D eigenvalue weighted by Gasteiger charge is 2.19. The Hall–Kier alpha value is -0.990. The molecule has 1 aromatic heterocycles. The summed E-state index contributed by atoms with van der Waals surface area (Å²) in [6.45, 7) is 1.53. The predicted molar refractivity (Wildman–Crippen MR) is 72.2 cm³/mol. The summed E-state index contributed by atoms with van der Waals surface area (Å²) in [6.07, 6.45) is 4.16. The minimum Gasteiger partial charge on any atom is -0.312 e. The monoisotopic (exact) mass is 287 g/mol. The molecule has 19 heavy (non-hydrogen) atoms. The standard InChI is InChI=1S/C11H21N5O2S/c1-15(2)19(17,18)7-3-6-12-10-4-5-11-13-9-14-16(11)8-10/h9-10,12H,3-8H2,1-2H3/t10-/m0/s1. The average molecular weight is 287 g/mol. The van der Waals surface area contributed by atoms with Crippen LogP contribution in [0, 0.1) is 0 Å². The Morgan fingerprint density at radius 1 is 1.53 bits per heavy atom. The Morgan fingerprint density at radius 3 is 3.05 bits per heavy atom. The number of aryl methyl sites for hydroxylation is 1. The van der Waals surface area contributed by atoms with Gasteiger partial charge in [-0.2, -0.15) is 5.10 Å². The third-order valence-corrected chi connectivity index (χ3v) is 5.29. The van der Waals surface area contributed by atoms with E-state index in [0.29, 0.717) is 19.0 Å². The fourth-order valence-corrected chi connectivity index (χ4v) is 3.02. The molecule has 0 aliphatic carbocycles. The maximum absolute atomic E-state index is 11.6. The molecule has 0 amide bonds. The van der Waals surface area contributed by atoms with Crippen LogP contribution in [0.3, 0.4) is 0 Å². The van der Waals surface area contributed by atoms with Gasteiger partial charge in [-0.1, -0.05) is 0 Å². The first kappa shape index (κ1) is 14.4. The summed E-state index contributed by atoms with van der Waals surface area (Å²) in [5.41, 5.74) is 0. The van der Waals surface area contributed by atoms with Crippen LogP contribution in [0.1, 0.15) is 18.7 Å². The van der Waals surface area contributed by atoms with Crippen LogP contribution in [0.5, 0.6) is 0 Å². The van der Waals surface area contributed by atoms with E-state index in [0.717, 1.165) is 25.2 Å². The summed E-state index contributed by atoms with van der Waals surface area (Å²) in [4.78, 5) is 4.18. The van der Waals surface area contributed by atoms with Crippen molar-refractivity contribution in [1.82, 2.24) is 24.4 Å². The van der Waals surface area contributed by atoms with Crippen LogP contribution in [0.2, 0.25) is 0 Å². The molecule has 8 heteroatoms. The molecule has 1 aromatic rings. The number of nitrogens with zero attached hydrogens (tertiary/aromatic N) is 4. The van der Waals surface area contributed by atoms with Crippen molar-refractivity contribution in [3.8, 4) is 0 Å².